The van der Waals surface area contributed by atoms with Crippen molar-refractivity contribution in [3.8, 4) is 0 Å². The Morgan fingerprint density at radius 2 is 1.60 bits per heavy atom. The Bertz CT molecular complexity index is 747. The number of piperazine rings is 1. The third-order valence-corrected chi connectivity index (χ3v) is 5.61. The summed E-state index contributed by atoms with van der Waals surface area (Å²) in [6, 6.07) is 10.2. The molecule has 2 heterocycles. The summed E-state index contributed by atoms with van der Waals surface area (Å²) in [5, 5.41) is 1.99. The zero-order valence-corrected chi connectivity index (χ0v) is 15.6. The Balaban J connectivity index is 1.52. The number of benzene rings is 1. The van der Waals surface area contributed by atoms with E-state index >= 15 is 0 Å². The highest BCUT2D eigenvalue weighted by Gasteiger charge is 2.24. The first-order valence-electron chi connectivity index (χ1n) is 8.67. The van der Waals surface area contributed by atoms with Crippen LogP contribution in [0.25, 0.3) is 0 Å². The van der Waals surface area contributed by atoms with Gasteiger partial charge in [0.05, 0.1) is 12.8 Å². The van der Waals surface area contributed by atoms with Crippen LogP contribution >= 0.6 is 11.3 Å². The fourth-order valence-electron chi connectivity index (χ4n) is 3.14. The van der Waals surface area contributed by atoms with E-state index in [-0.39, 0.29) is 11.8 Å². The van der Waals surface area contributed by atoms with Crippen LogP contribution in [0.3, 0.4) is 0 Å². The molecule has 1 saturated heterocycles. The maximum atomic E-state index is 12.6. The van der Waals surface area contributed by atoms with Gasteiger partial charge in [0, 0.05) is 31.1 Å². The Morgan fingerprint density at radius 3 is 2.20 bits per heavy atom. The van der Waals surface area contributed by atoms with Crippen LogP contribution in [0.4, 0.5) is 0 Å². The second-order valence-corrected chi connectivity index (χ2v) is 7.66. The van der Waals surface area contributed by atoms with Gasteiger partial charge in [-0.2, -0.15) is 0 Å². The monoisotopic (exact) mass is 356 g/mol. The Kier molecular flexibility index (Phi) is 5.53. The van der Waals surface area contributed by atoms with E-state index in [9.17, 15) is 9.59 Å². The summed E-state index contributed by atoms with van der Waals surface area (Å²) in [7, 11) is 0. The van der Waals surface area contributed by atoms with Crippen molar-refractivity contribution >= 4 is 23.2 Å². The van der Waals surface area contributed by atoms with Gasteiger partial charge in [0.15, 0.2) is 0 Å². The number of amides is 2. The lowest BCUT2D eigenvalue weighted by atomic mass is 10.0. The highest BCUT2D eigenvalue weighted by Crippen LogP contribution is 2.15. The summed E-state index contributed by atoms with van der Waals surface area (Å²) in [6.07, 6.45) is 0.907. The first kappa shape index (κ1) is 17.7. The van der Waals surface area contributed by atoms with Gasteiger partial charge in [0.1, 0.15) is 0 Å². The van der Waals surface area contributed by atoms with Gasteiger partial charge in [-0.3, -0.25) is 9.59 Å². The van der Waals surface area contributed by atoms with E-state index in [0.717, 1.165) is 16.0 Å². The molecular formula is C20H24N2O2S. The largest absolute Gasteiger partial charge is 0.339 e. The van der Waals surface area contributed by atoms with E-state index in [0.29, 0.717) is 39.0 Å². The van der Waals surface area contributed by atoms with Gasteiger partial charge >= 0.3 is 0 Å². The minimum atomic E-state index is 0.152. The highest BCUT2D eigenvalue weighted by atomic mass is 32.1. The van der Waals surface area contributed by atoms with Crippen molar-refractivity contribution in [2.24, 2.45) is 0 Å². The molecule has 25 heavy (non-hydrogen) atoms. The third kappa shape index (κ3) is 4.48. The van der Waals surface area contributed by atoms with Gasteiger partial charge in [0.2, 0.25) is 11.8 Å². The second kappa shape index (κ2) is 7.83. The normalized spacial score (nSPS) is 14.6. The molecular weight excluding hydrogens is 332 g/mol. The van der Waals surface area contributed by atoms with Crippen LogP contribution in [-0.2, 0) is 22.4 Å². The van der Waals surface area contributed by atoms with E-state index in [2.05, 4.69) is 18.2 Å². The maximum absolute atomic E-state index is 12.6. The molecule has 0 saturated carbocycles. The van der Waals surface area contributed by atoms with Crippen molar-refractivity contribution in [3.63, 3.8) is 0 Å². The fraction of sp³-hybridized carbons (Fsp3) is 0.400. The topological polar surface area (TPSA) is 40.6 Å². The molecule has 0 N–H and O–H groups in total. The lowest BCUT2D eigenvalue weighted by Crippen LogP contribution is -2.51. The Morgan fingerprint density at radius 1 is 0.960 bits per heavy atom. The van der Waals surface area contributed by atoms with Crippen molar-refractivity contribution in [1.82, 2.24) is 9.80 Å². The van der Waals surface area contributed by atoms with Crippen LogP contribution in [0.1, 0.15) is 21.6 Å². The molecule has 1 aromatic carbocycles. The standard InChI is InChI=1S/C20H24N2O2S/c1-15-5-6-16(2)17(12-15)13-19(23)21-7-9-22(10-8-21)20(24)14-18-4-3-11-25-18/h3-6,11-12H,7-10,13-14H2,1-2H3. The molecule has 3 rings (SSSR count). The first-order chi connectivity index (χ1) is 12.0. The lowest BCUT2D eigenvalue weighted by Gasteiger charge is -2.35. The number of nitrogens with zero attached hydrogens (tertiary/aromatic N) is 2. The van der Waals surface area contributed by atoms with E-state index in [4.69, 9.17) is 0 Å². The molecule has 0 atom stereocenters. The average molecular weight is 356 g/mol. The minimum Gasteiger partial charge on any atom is -0.339 e. The molecule has 0 bridgehead atoms. The number of carbonyl (C=O) groups excluding carboxylic acids is 2. The van der Waals surface area contributed by atoms with Crippen LogP contribution < -0.4 is 0 Å². The van der Waals surface area contributed by atoms with E-state index < -0.39 is 0 Å². The van der Waals surface area contributed by atoms with E-state index in [1.165, 1.54) is 5.56 Å². The third-order valence-electron chi connectivity index (χ3n) is 4.74. The molecule has 1 aliphatic rings. The number of hydrogen-bond acceptors (Lipinski definition) is 3. The minimum absolute atomic E-state index is 0.152. The molecule has 1 aliphatic heterocycles. The van der Waals surface area contributed by atoms with E-state index in [1.807, 2.05) is 41.2 Å². The van der Waals surface area contributed by atoms with Crippen molar-refractivity contribution in [2.75, 3.05) is 26.2 Å². The molecule has 0 radical (unpaired) electrons. The van der Waals surface area contributed by atoms with Gasteiger partial charge < -0.3 is 9.80 Å². The zero-order valence-electron chi connectivity index (χ0n) is 14.8. The van der Waals surface area contributed by atoms with Crippen molar-refractivity contribution < 1.29 is 9.59 Å². The van der Waals surface area contributed by atoms with Crippen molar-refractivity contribution in [2.45, 2.75) is 26.7 Å². The molecule has 5 heteroatoms. The Labute approximate surface area is 153 Å². The molecule has 2 aromatic rings. The van der Waals surface area contributed by atoms with Gasteiger partial charge in [-0.05, 0) is 36.4 Å². The summed E-state index contributed by atoms with van der Waals surface area (Å²) >= 11 is 1.61. The quantitative estimate of drug-likeness (QED) is 0.845. The van der Waals surface area contributed by atoms with Crippen LogP contribution in [-0.4, -0.2) is 47.8 Å². The van der Waals surface area contributed by atoms with Gasteiger partial charge in [-0.25, -0.2) is 0 Å². The van der Waals surface area contributed by atoms with Crippen LogP contribution in [0.15, 0.2) is 35.7 Å². The molecule has 1 aromatic heterocycles. The van der Waals surface area contributed by atoms with Gasteiger partial charge in [-0.1, -0.05) is 29.8 Å². The lowest BCUT2D eigenvalue weighted by molar-refractivity contribution is -0.138. The molecule has 2 amide bonds. The summed E-state index contributed by atoms with van der Waals surface area (Å²) in [5.41, 5.74) is 3.43. The smallest absolute Gasteiger partial charge is 0.227 e. The van der Waals surface area contributed by atoms with Crippen molar-refractivity contribution in [1.29, 1.82) is 0 Å². The van der Waals surface area contributed by atoms with Crippen LogP contribution in [0, 0.1) is 13.8 Å². The number of aryl methyl sites for hydroxylation is 2. The highest BCUT2D eigenvalue weighted by molar-refractivity contribution is 7.10. The average Bonchev–Trinajstić information content (AvgIpc) is 3.11. The maximum Gasteiger partial charge on any atom is 0.227 e. The van der Waals surface area contributed by atoms with E-state index in [1.54, 1.807) is 11.3 Å². The SMILES string of the molecule is Cc1ccc(C)c(CC(=O)N2CCN(C(=O)Cc3cccs3)CC2)c1. The molecule has 0 spiro atoms. The first-order valence-corrected chi connectivity index (χ1v) is 9.55. The predicted octanol–water partition coefficient (Wildman–Crippen LogP) is 2.82. The fourth-order valence-corrected chi connectivity index (χ4v) is 3.84. The number of rotatable bonds is 4. The number of hydrogen-bond donors (Lipinski definition) is 0. The van der Waals surface area contributed by atoms with Crippen LogP contribution in [0.5, 0.6) is 0 Å². The molecule has 1 fully saturated rings. The summed E-state index contributed by atoms with van der Waals surface area (Å²) in [6.45, 7) is 6.60. The van der Waals surface area contributed by atoms with Gasteiger partial charge in [-0.15, -0.1) is 11.3 Å². The summed E-state index contributed by atoms with van der Waals surface area (Å²) < 4.78 is 0. The summed E-state index contributed by atoms with van der Waals surface area (Å²) in [5.74, 6) is 0.308. The number of carbonyl (C=O) groups is 2. The molecule has 0 unspecified atom stereocenters. The second-order valence-electron chi connectivity index (χ2n) is 6.62. The Hall–Kier alpha value is -2.14. The zero-order chi connectivity index (χ0) is 17.8. The van der Waals surface area contributed by atoms with Crippen LogP contribution in [0.2, 0.25) is 0 Å². The van der Waals surface area contributed by atoms with Crippen molar-refractivity contribution in [3.05, 3.63) is 57.3 Å². The summed E-state index contributed by atoms with van der Waals surface area (Å²) in [4.78, 5) is 29.8. The molecule has 4 nitrogen and oxygen atoms in total. The molecule has 0 aliphatic carbocycles. The number of thiophene rings is 1. The van der Waals surface area contributed by atoms with Gasteiger partial charge in [0.25, 0.3) is 0 Å². The molecule has 132 valence electrons. The predicted molar refractivity (Wildman–Crippen MR) is 101 cm³/mol.